The Morgan fingerprint density at radius 3 is 0.866 bits per heavy atom. The molecule has 0 aliphatic carbocycles. The van der Waals surface area contributed by atoms with E-state index < -0.39 is 52.0 Å². The third-order valence-corrected chi connectivity index (χ3v) is 29.1. The number of amides is 12. The summed E-state index contributed by atoms with van der Waals surface area (Å²) in [7, 11) is 0. The van der Waals surface area contributed by atoms with E-state index >= 15 is 0 Å². The predicted octanol–water partition coefficient (Wildman–Crippen LogP) is 18.0. The molecule has 8 atom stereocenters. The average Bonchev–Trinajstić information content (AvgIpc) is 1.67. The zero-order valence-electron chi connectivity index (χ0n) is 80.2. The Kier molecular flexibility index (Phi) is 48.9. The SMILES string of the molecule is C.CB(C)I.CSC.CSc1ccc(Sc2ccc(SC3CC(=O)N(c4ccc(Cc5ccc(N6C(=O)CC(SC[C@H](O)[C@H](O)CSC7CC(=O)N(c8ccc(Cc9ccc(N%10C(=O)CC(C)C%10=O)cc9)cc8)C7=O)C6=O)cc5)cc4)C3=O)cc2)cc1.O=C1C=CC(=O)N1c1ccc(Cc2ccc(N3C(=O)C=CC3=O)cc2)cc1.OCS.O[C@H](CS)[C@@H](O)CS.Sc1ccc(Sc2ccc(S)cc2)cc1.[2HH].[2H]S[3H].[3H]O. The number of benzene rings is 10. The summed E-state index contributed by atoms with van der Waals surface area (Å²) in [5.41, 5.74) is 14.9. The van der Waals surface area contributed by atoms with E-state index in [0.717, 1.165) is 106 Å². The maximum atomic E-state index is 13.5. The minimum absolute atomic E-state index is 0. The van der Waals surface area contributed by atoms with Gasteiger partial charge in [-0.2, -0.15) is 85.3 Å². The van der Waals surface area contributed by atoms with Gasteiger partial charge in [0.05, 0.1) is 82.5 Å². The fourth-order valence-electron chi connectivity index (χ4n) is 14.2. The standard InChI is InChI=1S/C60H54N4O10S5.C21H14N2O4.C12H10S3.C4H10O2S2.C2H6BI.C2H6S.CH4OS.CH4.H2O.H2S.H2/c1-35-27-53(67)61(57(35)71)40-11-3-36(4-12-40)28-37-5-13-41(14-6-37)62-54(68)30-50(58(62)72)76-33-48(65)49(66)34-77-51-31-55(69)63(59(51)73)42-15-7-38(8-16-42)29-39-9-17-43(18-10-39)64-56(70)32-52(60(64)74)79-47-25-23-46(24-26-47)78-45-21-19-44(75-2)20-22-45;24-18-9-10-19(25)22(18)16-5-1-14(2-6-16)13-15-3-7-17(8-4-15)23-20(26)11-12-21(23)27;13-9-1-5-11(6-2-9)15-12-7-3-10(14)4-8-12;5-3(1-7)4(6)2-8;1-3(2)4;1-3-2;2-1-3;;;;/h3-26,35,48-52,65-66H,27-34H2,1-2H3;1-12H,13H2;1-8,13-14H;3-8H,1-2H2;1-2H3;1-2H3;2-3H,1H2;1H4;2*1H2;1H/t35?,48-,49+,50?,51?,52?;;;3-,4+;;;;;;;/m1........../s1/i;;;;;;;;;;1+1/hT2D. The molecule has 0 spiro atoms. The van der Waals surface area contributed by atoms with Crippen molar-refractivity contribution in [2.75, 3.05) is 77.1 Å². The van der Waals surface area contributed by atoms with Crippen LogP contribution >= 0.6 is 181 Å². The van der Waals surface area contributed by atoms with Crippen molar-refractivity contribution in [2.45, 2.75) is 152 Å². The minimum Gasteiger partial charge on any atom is -0.412 e. The summed E-state index contributed by atoms with van der Waals surface area (Å²) in [6.07, 6.45) is 8.97. The summed E-state index contributed by atoms with van der Waals surface area (Å²) in [6.45, 7) is 6.05. The van der Waals surface area contributed by atoms with Crippen LogP contribution in [0.1, 0.15) is 76.3 Å². The number of aliphatic hydroxyl groups is 5. The third kappa shape index (κ3) is 34.9. The van der Waals surface area contributed by atoms with Gasteiger partial charge in [-0.05, 0) is 241 Å². The first-order valence-corrected chi connectivity index (χ1v) is 55.1. The summed E-state index contributed by atoms with van der Waals surface area (Å²) in [6, 6.07) is 75.7. The molecular formula is C103H114BIN6O18S13. The molecule has 6 aliphatic rings. The second kappa shape index (κ2) is 60.0. The second-order valence-corrected chi connectivity index (χ2v) is 44.3. The fraction of sp³-hybridized carbons (Fsp3) is 0.262. The van der Waals surface area contributed by atoms with Gasteiger partial charge in [-0.15, -0.1) is 72.3 Å². The van der Waals surface area contributed by atoms with E-state index in [1.807, 2.05) is 140 Å². The number of halogens is 1. The molecule has 4 saturated heterocycles. The molecule has 6 aliphatic heterocycles. The highest BCUT2D eigenvalue weighted by Gasteiger charge is 2.44. The van der Waals surface area contributed by atoms with Crippen molar-refractivity contribution >= 4 is 291 Å². The molecule has 12 amide bonds. The van der Waals surface area contributed by atoms with Crippen LogP contribution in [0, 0.1) is 5.92 Å². The molecule has 0 bridgehead atoms. The van der Waals surface area contributed by atoms with Crippen LogP contribution in [-0.2, 0) is 76.8 Å². The molecule has 10 aromatic carbocycles. The maximum Gasteiger partial charge on any atom is 0.258 e. The Morgan fingerprint density at radius 1 is 0.401 bits per heavy atom. The molecule has 16 rings (SSSR count). The van der Waals surface area contributed by atoms with Crippen molar-refractivity contribution in [3.8, 4) is 0 Å². The summed E-state index contributed by atoms with van der Waals surface area (Å²) in [4.78, 5) is 167. The van der Waals surface area contributed by atoms with E-state index in [1.165, 1.54) is 60.6 Å². The molecule has 39 heteroatoms. The number of carbonyl (C=O) groups excluding carboxylic acids is 12. The van der Waals surface area contributed by atoms with Crippen LogP contribution < -0.4 is 29.4 Å². The normalized spacial score (nSPS) is 17.2. The van der Waals surface area contributed by atoms with Crippen LogP contribution in [0.2, 0.25) is 13.6 Å². The molecule has 10 aromatic rings. The Morgan fingerprint density at radius 2 is 0.620 bits per heavy atom. The topological polar surface area (TPSA) is 357 Å². The lowest BCUT2D eigenvalue weighted by Gasteiger charge is -2.20. The summed E-state index contributed by atoms with van der Waals surface area (Å²) >= 11 is 32.4. The predicted molar refractivity (Wildman–Crippen MR) is 612 cm³/mol. The number of thiol groups is 5. The highest BCUT2D eigenvalue weighted by molar-refractivity contribution is 14.1. The van der Waals surface area contributed by atoms with Crippen molar-refractivity contribution < 1.29 is 91.4 Å². The first kappa shape index (κ1) is 116. The quantitative estimate of drug-likeness (QED) is 0.00520. The smallest absolute Gasteiger partial charge is 0.258 e. The highest BCUT2D eigenvalue weighted by atomic mass is 127. The first-order chi connectivity index (χ1) is 69.1. The maximum absolute atomic E-state index is 13.5. The third-order valence-electron chi connectivity index (χ3n) is 21.2. The number of nitrogens with zero attached hydrogens (tertiary/aromatic N) is 6. The number of aliphatic hydroxyl groups excluding tert-OH is 5. The average molecular weight is 2280 g/mol. The lowest BCUT2D eigenvalue weighted by atomic mass is 9.87. The Labute approximate surface area is 911 Å². The van der Waals surface area contributed by atoms with Gasteiger partial charge in [-0.25, -0.2) is 24.5 Å². The molecule has 7 N–H and O–H groups in total. The van der Waals surface area contributed by atoms with Gasteiger partial charge in [0.25, 0.3) is 23.6 Å². The van der Waals surface area contributed by atoms with E-state index in [2.05, 4.69) is 148 Å². The molecule has 0 aromatic heterocycles. The van der Waals surface area contributed by atoms with Crippen LogP contribution in [0.3, 0.4) is 0 Å². The number of rotatable bonds is 29. The van der Waals surface area contributed by atoms with Crippen LogP contribution in [0.25, 0.3) is 0 Å². The molecule has 142 heavy (non-hydrogen) atoms. The van der Waals surface area contributed by atoms with Gasteiger partial charge in [0.2, 0.25) is 53.3 Å². The van der Waals surface area contributed by atoms with Crippen LogP contribution in [0.15, 0.2) is 306 Å². The lowest BCUT2D eigenvalue weighted by molar-refractivity contribution is -0.123. The molecule has 24 nitrogen and oxygen atoms in total. The zero-order valence-corrected chi connectivity index (χ0v) is 90.4. The number of thioether (sulfide) groups is 5. The zero-order chi connectivity index (χ0) is 105. The van der Waals surface area contributed by atoms with E-state index in [1.54, 1.807) is 127 Å². The molecule has 752 valence electrons. The van der Waals surface area contributed by atoms with Crippen molar-refractivity contribution in [2.24, 2.45) is 5.92 Å². The Bertz CT molecular complexity index is 5850. The first-order valence-electron chi connectivity index (χ1n) is 44.8. The fourth-order valence-corrected chi connectivity index (χ4v) is 20.4. The van der Waals surface area contributed by atoms with Crippen molar-refractivity contribution in [3.63, 3.8) is 0 Å². The largest absolute Gasteiger partial charge is 0.412 e. The molecule has 4 fully saturated rings. The Hall–Kier alpha value is -8.38. The number of hydrogen-bond acceptors (Lipinski definition) is 29. The monoisotopic (exact) mass is 2280 g/mol. The lowest BCUT2D eigenvalue weighted by Crippen LogP contribution is -2.34. The number of hydrogen-bond donors (Lipinski definition) is 10. The molecule has 0 radical (unpaired) electrons. The Balaban J connectivity index is 0.000000390. The van der Waals surface area contributed by atoms with E-state index in [0.29, 0.717) is 53.4 Å². The van der Waals surface area contributed by atoms with Crippen molar-refractivity contribution in [1.82, 2.24) is 0 Å². The van der Waals surface area contributed by atoms with Gasteiger partial charge < -0.3 is 31.0 Å². The van der Waals surface area contributed by atoms with Crippen LogP contribution in [-0.4, -0.2) is 197 Å². The van der Waals surface area contributed by atoms with E-state index in [4.69, 9.17) is 24.5 Å². The second-order valence-electron chi connectivity index (χ2n) is 32.0. The number of anilines is 6. The van der Waals surface area contributed by atoms with Crippen LogP contribution in [0.4, 0.5) is 34.1 Å². The van der Waals surface area contributed by atoms with Crippen molar-refractivity contribution in [1.29, 1.82) is 2.25 Å². The van der Waals surface area contributed by atoms with Gasteiger partial charge in [-0.3, -0.25) is 62.4 Å². The molecule has 0 saturated carbocycles. The number of imide groups is 6. The molecular weight excluding hydrogens is 2160 g/mol. The summed E-state index contributed by atoms with van der Waals surface area (Å²) < 4.78 is 17.1. The van der Waals surface area contributed by atoms with Gasteiger partial charge in [0, 0.05) is 120 Å². The van der Waals surface area contributed by atoms with Gasteiger partial charge in [-0.1, -0.05) is 124 Å². The van der Waals surface area contributed by atoms with Crippen LogP contribution in [0.5, 0.6) is 0 Å². The van der Waals surface area contributed by atoms with Gasteiger partial charge in [0.15, 0.2) is 0 Å². The van der Waals surface area contributed by atoms with Crippen molar-refractivity contribution in [3.05, 3.63) is 300 Å². The molecule has 6 heterocycles. The minimum atomic E-state index is -1.27. The highest BCUT2D eigenvalue weighted by Crippen LogP contribution is 2.40. The molecule has 4 unspecified atom stereocenters. The van der Waals surface area contributed by atoms with E-state index in [-0.39, 0.29) is 142 Å². The van der Waals surface area contributed by atoms with Gasteiger partial charge >= 0.3 is 0 Å². The van der Waals surface area contributed by atoms with Gasteiger partial charge in [0.1, 0.15) is 0 Å². The summed E-state index contributed by atoms with van der Waals surface area (Å²) in [5, 5.41) is 44.7. The summed E-state index contributed by atoms with van der Waals surface area (Å²) in [5.74, 6) is -3.84. The van der Waals surface area contributed by atoms with E-state index in [9.17, 15) is 67.7 Å². The number of carbonyl (C=O) groups is 12.